The summed E-state index contributed by atoms with van der Waals surface area (Å²) in [5.41, 5.74) is 1.74. The summed E-state index contributed by atoms with van der Waals surface area (Å²) < 4.78 is 1.92. The van der Waals surface area contributed by atoms with Crippen molar-refractivity contribution in [1.29, 1.82) is 0 Å². The van der Waals surface area contributed by atoms with Crippen molar-refractivity contribution in [3.05, 3.63) is 30.5 Å². The largest absolute Gasteiger partial charge is 0.347 e. The summed E-state index contributed by atoms with van der Waals surface area (Å²) in [6.07, 6.45) is 5.74. The number of carbonyl (C=O) groups is 2. The van der Waals surface area contributed by atoms with E-state index in [2.05, 4.69) is 10.6 Å². The molecule has 0 radical (unpaired) electrons. The maximum atomic E-state index is 12.3. The number of piperidine rings is 1. The lowest BCUT2D eigenvalue weighted by molar-refractivity contribution is -0.129. The zero-order valence-electron chi connectivity index (χ0n) is 16.0. The first-order valence-corrected chi connectivity index (χ1v) is 9.32. The molecule has 0 aliphatic carbocycles. The van der Waals surface area contributed by atoms with Gasteiger partial charge in [-0.05, 0) is 61.9 Å². The molecule has 1 aliphatic heterocycles. The molecule has 2 aromatic rings. The van der Waals surface area contributed by atoms with Crippen molar-refractivity contribution in [2.75, 3.05) is 32.5 Å². The Morgan fingerprint density at radius 1 is 1.22 bits per heavy atom. The molecule has 2 amide bonds. The van der Waals surface area contributed by atoms with Crippen LogP contribution >= 0.6 is 12.4 Å². The van der Waals surface area contributed by atoms with Crippen molar-refractivity contribution in [3.63, 3.8) is 0 Å². The number of nitrogens with one attached hydrogen (secondary N) is 2. The molecule has 1 aliphatic rings. The number of aromatic nitrogens is 1. The fraction of sp³-hybridized carbons (Fsp3) is 0.500. The molecule has 0 bridgehead atoms. The molecule has 1 aromatic carbocycles. The molecule has 2 heterocycles. The summed E-state index contributed by atoms with van der Waals surface area (Å²) in [6, 6.07) is 7.83. The van der Waals surface area contributed by atoms with E-state index in [1.807, 2.05) is 35.0 Å². The first-order chi connectivity index (χ1) is 12.5. The van der Waals surface area contributed by atoms with Gasteiger partial charge < -0.3 is 20.1 Å². The summed E-state index contributed by atoms with van der Waals surface area (Å²) in [5.74, 6) is 0.753. The zero-order chi connectivity index (χ0) is 18.5. The van der Waals surface area contributed by atoms with E-state index in [-0.39, 0.29) is 24.2 Å². The molecule has 1 fully saturated rings. The summed E-state index contributed by atoms with van der Waals surface area (Å²) in [4.78, 5) is 25.9. The molecule has 0 atom stereocenters. The molecule has 0 saturated carbocycles. The van der Waals surface area contributed by atoms with Crippen molar-refractivity contribution in [2.24, 2.45) is 5.92 Å². The molecule has 1 aromatic heterocycles. The second-order valence-corrected chi connectivity index (χ2v) is 7.29. The Balaban J connectivity index is 0.00000261. The number of likely N-dealkylation sites (N-methyl/N-ethyl adjacent to an activating group) is 1. The maximum Gasteiger partial charge on any atom is 0.241 e. The quantitative estimate of drug-likeness (QED) is 0.794. The Hall–Kier alpha value is -2.05. The van der Waals surface area contributed by atoms with Gasteiger partial charge in [0.05, 0.1) is 5.52 Å². The third-order valence-corrected chi connectivity index (χ3v) is 5.10. The Kier molecular flexibility index (Phi) is 7.68. The lowest BCUT2D eigenvalue weighted by Crippen LogP contribution is -2.28. The van der Waals surface area contributed by atoms with Gasteiger partial charge in [0.2, 0.25) is 11.8 Å². The number of fused-ring (bicyclic) bond motifs is 1. The van der Waals surface area contributed by atoms with Crippen molar-refractivity contribution < 1.29 is 9.59 Å². The summed E-state index contributed by atoms with van der Waals surface area (Å²) >= 11 is 0. The van der Waals surface area contributed by atoms with E-state index in [0.717, 1.165) is 48.9 Å². The predicted molar refractivity (Wildman–Crippen MR) is 111 cm³/mol. The molecular weight excluding hydrogens is 364 g/mol. The summed E-state index contributed by atoms with van der Waals surface area (Å²) in [5, 5.41) is 7.42. The highest BCUT2D eigenvalue weighted by molar-refractivity contribution is 5.94. The van der Waals surface area contributed by atoms with Gasteiger partial charge in [-0.2, -0.15) is 0 Å². The van der Waals surface area contributed by atoms with Gasteiger partial charge in [0.15, 0.2) is 0 Å². The van der Waals surface area contributed by atoms with Crippen molar-refractivity contribution in [1.82, 2.24) is 14.8 Å². The summed E-state index contributed by atoms with van der Waals surface area (Å²) in [6.45, 7) is 2.42. The number of carbonyl (C=O) groups excluding carboxylic acids is 2. The van der Waals surface area contributed by atoms with Gasteiger partial charge in [0.1, 0.15) is 6.54 Å². The van der Waals surface area contributed by atoms with Crippen molar-refractivity contribution in [3.8, 4) is 0 Å². The number of anilines is 1. The zero-order valence-corrected chi connectivity index (χ0v) is 16.8. The Labute approximate surface area is 166 Å². The van der Waals surface area contributed by atoms with Crippen LogP contribution in [0.2, 0.25) is 0 Å². The minimum Gasteiger partial charge on any atom is -0.347 e. The topological polar surface area (TPSA) is 66.4 Å². The number of rotatable bonds is 6. The van der Waals surface area contributed by atoms with Crippen molar-refractivity contribution in [2.45, 2.75) is 32.2 Å². The van der Waals surface area contributed by atoms with Crippen LogP contribution in [0.25, 0.3) is 10.9 Å². The van der Waals surface area contributed by atoms with Gasteiger partial charge in [-0.15, -0.1) is 12.4 Å². The van der Waals surface area contributed by atoms with Gasteiger partial charge >= 0.3 is 0 Å². The normalized spacial score (nSPS) is 14.6. The van der Waals surface area contributed by atoms with Crippen molar-refractivity contribution >= 4 is 40.8 Å². The van der Waals surface area contributed by atoms with E-state index >= 15 is 0 Å². The van der Waals surface area contributed by atoms with Gasteiger partial charge in [-0.1, -0.05) is 6.07 Å². The van der Waals surface area contributed by atoms with E-state index in [0.29, 0.717) is 18.9 Å². The third kappa shape index (κ3) is 5.71. The fourth-order valence-corrected chi connectivity index (χ4v) is 3.42. The average molecular weight is 393 g/mol. The Morgan fingerprint density at radius 2 is 1.96 bits per heavy atom. The highest BCUT2D eigenvalue weighted by atomic mass is 35.5. The number of hydrogen-bond donors (Lipinski definition) is 2. The van der Waals surface area contributed by atoms with E-state index in [4.69, 9.17) is 0 Å². The van der Waals surface area contributed by atoms with Crippen LogP contribution in [0.5, 0.6) is 0 Å². The highest BCUT2D eigenvalue weighted by Crippen LogP contribution is 2.22. The minimum absolute atomic E-state index is 0. The van der Waals surface area contributed by atoms with Crippen LogP contribution in [0.3, 0.4) is 0 Å². The molecule has 1 saturated heterocycles. The smallest absolute Gasteiger partial charge is 0.241 e. The second kappa shape index (κ2) is 9.76. The maximum absolute atomic E-state index is 12.3. The minimum atomic E-state index is 0. The second-order valence-electron chi connectivity index (χ2n) is 7.29. The Bertz CT molecular complexity index is 781. The lowest BCUT2D eigenvalue weighted by Gasteiger charge is -2.22. The third-order valence-electron chi connectivity index (χ3n) is 5.10. The molecule has 7 heteroatoms. The number of amides is 2. The first-order valence-electron chi connectivity index (χ1n) is 9.32. The SMILES string of the molecule is CN(C)C(=O)Cn1ccc2ccc(NC(=O)CCC3CCNCC3)cc21.Cl. The number of nitrogens with zero attached hydrogens (tertiary/aromatic N) is 2. The van der Waals surface area contributed by atoms with Crippen LogP contribution in [0, 0.1) is 5.92 Å². The van der Waals surface area contributed by atoms with Crippen LogP contribution in [-0.2, 0) is 16.1 Å². The number of hydrogen-bond acceptors (Lipinski definition) is 3. The van der Waals surface area contributed by atoms with Gasteiger partial charge in [-0.25, -0.2) is 0 Å². The molecule has 0 spiro atoms. The van der Waals surface area contributed by atoms with Crippen LogP contribution < -0.4 is 10.6 Å². The first kappa shape index (κ1) is 21.3. The highest BCUT2D eigenvalue weighted by Gasteiger charge is 2.15. The average Bonchev–Trinajstić information content (AvgIpc) is 3.03. The van der Waals surface area contributed by atoms with Gasteiger partial charge in [0, 0.05) is 32.4 Å². The number of benzene rings is 1. The molecular formula is C20H29ClN4O2. The standard InChI is InChI=1S/C20H28N4O2.ClH/c1-23(2)20(26)14-24-12-9-16-4-5-17(13-18(16)24)22-19(25)6-3-15-7-10-21-11-8-15;/h4-5,9,12-13,15,21H,3,6-8,10-11,14H2,1-2H3,(H,22,25);1H. The van der Waals surface area contributed by atoms with Crippen LogP contribution in [0.4, 0.5) is 5.69 Å². The monoisotopic (exact) mass is 392 g/mol. The molecule has 3 rings (SSSR count). The van der Waals surface area contributed by atoms with E-state index in [9.17, 15) is 9.59 Å². The number of halogens is 1. The molecule has 148 valence electrons. The van der Waals surface area contributed by atoms with Gasteiger partial charge in [-0.3, -0.25) is 9.59 Å². The predicted octanol–water partition coefficient (Wildman–Crippen LogP) is 2.87. The van der Waals surface area contributed by atoms with E-state index < -0.39 is 0 Å². The van der Waals surface area contributed by atoms with E-state index in [1.165, 1.54) is 0 Å². The molecule has 2 N–H and O–H groups in total. The molecule has 0 unspecified atom stereocenters. The molecule has 27 heavy (non-hydrogen) atoms. The van der Waals surface area contributed by atoms with Gasteiger partial charge in [0.25, 0.3) is 0 Å². The summed E-state index contributed by atoms with van der Waals surface area (Å²) in [7, 11) is 3.50. The van der Waals surface area contributed by atoms with Crippen LogP contribution in [-0.4, -0.2) is 48.5 Å². The lowest BCUT2D eigenvalue weighted by atomic mass is 9.93. The molecule has 6 nitrogen and oxygen atoms in total. The van der Waals surface area contributed by atoms with Crippen LogP contribution in [0.15, 0.2) is 30.5 Å². The van der Waals surface area contributed by atoms with Crippen LogP contribution in [0.1, 0.15) is 25.7 Å². The Morgan fingerprint density at radius 3 is 2.67 bits per heavy atom. The van der Waals surface area contributed by atoms with E-state index in [1.54, 1.807) is 19.0 Å². The fourth-order valence-electron chi connectivity index (χ4n) is 3.42.